The van der Waals surface area contributed by atoms with Crippen molar-refractivity contribution in [2.75, 3.05) is 17.2 Å². The summed E-state index contributed by atoms with van der Waals surface area (Å²) in [7, 11) is 0. The topological polar surface area (TPSA) is 91.3 Å². The van der Waals surface area contributed by atoms with Gasteiger partial charge in [-0.2, -0.15) is 0 Å². The molecule has 1 amide bonds. The summed E-state index contributed by atoms with van der Waals surface area (Å²) in [6.45, 7) is 0.880. The number of carbonyl (C=O) groups excluding carboxylic acids is 1. The largest absolute Gasteiger partial charge is 0.478 e. The average molecular weight is 283 g/mol. The second-order valence-electron chi connectivity index (χ2n) is 4.77. The van der Waals surface area contributed by atoms with E-state index in [1.54, 1.807) is 6.07 Å². The minimum Gasteiger partial charge on any atom is -0.478 e. The molecular formula is C15H13N3O3. The maximum Gasteiger partial charge on any atom is 0.337 e. The van der Waals surface area contributed by atoms with Gasteiger partial charge >= 0.3 is 5.97 Å². The first-order valence-electron chi connectivity index (χ1n) is 6.50. The Morgan fingerprint density at radius 2 is 2.05 bits per heavy atom. The van der Waals surface area contributed by atoms with E-state index in [2.05, 4.69) is 15.6 Å². The van der Waals surface area contributed by atoms with E-state index in [1.165, 1.54) is 18.5 Å². The van der Waals surface area contributed by atoms with Crippen LogP contribution in [0.5, 0.6) is 0 Å². The molecule has 106 valence electrons. The molecule has 1 aliphatic heterocycles. The Kier molecular flexibility index (Phi) is 3.27. The average Bonchev–Trinajstić information content (AvgIpc) is 2.94. The molecule has 2 aromatic rings. The fourth-order valence-electron chi connectivity index (χ4n) is 2.27. The summed E-state index contributed by atoms with van der Waals surface area (Å²) >= 11 is 0. The van der Waals surface area contributed by atoms with E-state index in [4.69, 9.17) is 5.11 Å². The van der Waals surface area contributed by atoms with Gasteiger partial charge in [0.2, 0.25) is 0 Å². The number of nitrogens with zero attached hydrogens (tertiary/aromatic N) is 1. The summed E-state index contributed by atoms with van der Waals surface area (Å²) in [6.07, 6.45) is 3.55. The maximum atomic E-state index is 12.2. The lowest BCUT2D eigenvalue weighted by Crippen LogP contribution is -2.13. The fourth-order valence-corrected chi connectivity index (χ4v) is 2.27. The van der Waals surface area contributed by atoms with E-state index >= 15 is 0 Å². The highest BCUT2D eigenvalue weighted by molar-refractivity contribution is 6.05. The van der Waals surface area contributed by atoms with Crippen LogP contribution in [0.15, 0.2) is 36.7 Å². The highest BCUT2D eigenvalue weighted by Gasteiger charge is 2.14. The van der Waals surface area contributed by atoms with Crippen molar-refractivity contribution in [3.8, 4) is 0 Å². The molecule has 0 bridgehead atoms. The van der Waals surface area contributed by atoms with Crippen LogP contribution in [0.2, 0.25) is 0 Å². The molecule has 6 nitrogen and oxygen atoms in total. The van der Waals surface area contributed by atoms with Crippen molar-refractivity contribution >= 4 is 23.3 Å². The van der Waals surface area contributed by atoms with Crippen LogP contribution in [0.25, 0.3) is 0 Å². The number of amides is 1. The highest BCUT2D eigenvalue weighted by atomic mass is 16.4. The van der Waals surface area contributed by atoms with Crippen molar-refractivity contribution in [2.24, 2.45) is 0 Å². The van der Waals surface area contributed by atoms with Crippen LogP contribution in [0, 0.1) is 0 Å². The molecule has 0 spiro atoms. The number of carbonyl (C=O) groups is 2. The number of fused-ring (bicyclic) bond motifs is 1. The van der Waals surface area contributed by atoms with Gasteiger partial charge in [-0.3, -0.25) is 9.78 Å². The number of nitrogens with one attached hydrogen (secondary N) is 2. The summed E-state index contributed by atoms with van der Waals surface area (Å²) in [5.74, 6) is -1.36. The molecule has 0 aliphatic carbocycles. The zero-order chi connectivity index (χ0) is 14.8. The molecule has 21 heavy (non-hydrogen) atoms. The second kappa shape index (κ2) is 5.24. The van der Waals surface area contributed by atoms with Gasteiger partial charge in [0.05, 0.1) is 17.4 Å². The number of carboxylic acid groups (broad SMARTS) is 1. The van der Waals surface area contributed by atoms with Crippen LogP contribution in [0.4, 0.5) is 11.4 Å². The third-order valence-electron chi connectivity index (χ3n) is 3.32. The van der Waals surface area contributed by atoms with E-state index in [9.17, 15) is 9.59 Å². The Balaban J connectivity index is 1.80. The SMILES string of the molecule is O=C(O)c1cncc(NC(=O)c2ccc3c(c2)CCN3)c1. The monoisotopic (exact) mass is 283 g/mol. The normalized spacial score (nSPS) is 12.4. The molecule has 3 rings (SSSR count). The van der Waals surface area contributed by atoms with Crippen LogP contribution in [-0.4, -0.2) is 28.5 Å². The molecule has 0 atom stereocenters. The van der Waals surface area contributed by atoms with Gasteiger partial charge in [0, 0.05) is 24.0 Å². The maximum absolute atomic E-state index is 12.2. The lowest BCUT2D eigenvalue weighted by Gasteiger charge is -2.07. The van der Waals surface area contributed by atoms with E-state index < -0.39 is 5.97 Å². The van der Waals surface area contributed by atoms with E-state index in [-0.39, 0.29) is 11.5 Å². The third-order valence-corrected chi connectivity index (χ3v) is 3.32. The first kappa shape index (κ1) is 13.1. The number of pyridine rings is 1. The molecular weight excluding hydrogens is 270 g/mol. The van der Waals surface area contributed by atoms with Gasteiger partial charge in [0.1, 0.15) is 0 Å². The Hall–Kier alpha value is -2.89. The van der Waals surface area contributed by atoms with Gasteiger partial charge in [0.15, 0.2) is 0 Å². The van der Waals surface area contributed by atoms with Gasteiger partial charge in [-0.25, -0.2) is 4.79 Å². The van der Waals surface area contributed by atoms with Crippen molar-refractivity contribution in [3.63, 3.8) is 0 Å². The lowest BCUT2D eigenvalue weighted by molar-refractivity contribution is 0.0696. The molecule has 0 unspecified atom stereocenters. The number of aromatic carboxylic acids is 1. The van der Waals surface area contributed by atoms with E-state index in [1.807, 2.05) is 12.1 Å². The van der Waals surface area contributed by atoms with Gasteiger partial charge in [-0.05, 0) is 36.2 Å². The molecule has 0 saturated heterocycles. The Morgan fingerprint density at radius 3 is 2.86 bits per heavy atom. The van der Waals surface area contributed by atoms with Gasteiger partial charge in [0.25, 0.3) is 5.91 Å². The summed E-state index contributed by atoms with van der Waals surface area (Å²) in [5, 5.41) is 14.8. The summed E-state index contributed by atoms with van der Waals surface area (Å²) in [4.78, 5) is 26.9. The predicted octanol–water partition coefficient (Wildman–Crippen LogP) is 2.00. The molecule has 3 N–H and O–H groups in total. The molecule has 1 aromatic carbocycles. The molecule has 0 fully saturated rings. The van der Waals surface area contributed by atoms with Crippen molar-refractivity contribution in [1.82, 2.24) is 4.98 Å². The Morgan fingerprint density at radius 1 is 1.19 bits per heavy atom. The fraction of sp³-hybridized carbons (Fsp3) is 0.133. The van der Waals surface area contributed by atoms with E-state index in [0.29, 0.717) is 11.3 Å². The third kappa shape index (κ3) is 2.69. The Bertz CT molecular complexity index is 728. The molecule has 1 aromatic heterocycles. The first-order valence-corrected chi connectivity index (χ1v) is 6.50. The van der Waals surface area contributed by atoms with Crippen molar-refractivity contribution < 1.29 is 14.7 Å². The van der Waals surface area contributed by atoms with E-state index in [0.717, 1.165) is 24.2 Å². The number of rotatable bonds is 3. The quantitative estimate of drug-likeness (QED) is 0.801. The number of aromatic nitrogens is 1. The smallest absolute Gasteiger partial charge is 0.337 e. The van der Waals surface area contributed by atoms with Gasteiger partial charge in [-0.1, -0.05) is 0 Å². The minimum atomic E-state index is -1.08. The van der Waals surface area contributed by atoms with Crippen LogP contribution in [0.1, 0.15) is 26.3 Å². The van der Waals surface area contributed by atoms with Gasteiger partial charge in [-0.15, -0.1) is 0 Å². The number of hydrogen-bond acceptors (Lipinski definition) is 4. The van der Waals surface area contributed by atoms with Crippen LogP contribution >= 0.6 is 0 Å². The van der Waals surface area contributed by atoms with Crippen LogP contribution in [0.3, 0.4) is 0 Å². The van der Waals surface area contributed by atoms with Crippen molar-refractivity contribution in [3.05, 3.63) is 53.3 Å². The van der Waals surface area contributed by atoms with Crippen LogP contribution < -0.4 is 10.6 Å². The van der Waals surface area contributed by atoms with Crippen molar-refractivity contribution in [1.29, 1.82) is 0 Å². The van der Waals surface area contributed by atoms with Gasteiger partial charge < -0.3 is 15.7 Å². The predicted molar refractivity (Wildman–Crippen MR) is 77.8 cm³/mol. The highest BCUT2D eigenvalue weighted by Crippen LogP contribution is 2.23. The summed E-state index contributed by atoms with van der Waals surface area (Å²) in [5.41, 5.74) is 3.10. The molecule has 1 aliphatic rings. The number of hydrogen-bond donors (Lipinski definition) is 3. The number of carboxylic acids is 1. The summed E-state index contributed by atoms with van der Waals surface area (Å²) in [6, 6.07) is 6.84. The minimum absolute atomic E-state index is 0.0333. The lowest BCUT2D eigenvalue weighted by atomic mass is 10.1. The zero-order valence-corrected chi connectivity index (χ0v) is 11.1. The second-order valence-corrected chi connectivity index (χ2v) is 4.77. The first-order chi connectivity index (χ1) is 10.1. The number of anilines is 2. The standard InChI is InChI=1S/C15H13N3O3/c19-14(10-1-2-13-9(5-10)3-4-17-13)18-12-6-11(15(20)21)7-16-8-12/h1-2,5-8,17H,3-4H2,(H,18,19)(H,20,21). The molecule has 6 heteroatoms. The molecule has 2 heterocycles. The van der Waals surface area contributed by atoms with Crippen molar-refractivity contribution in [2.45, 2.75) is 6.42 Å². The number of benzene rings is 1. The summed E-state index contributed by atoms with van der Waals surface area (Å²) < 4.78 is 0. The molecule has 0 radical (unpaired) electrons. The Labute approximate surface area is 120 Å². The van der Waals surface area contributed by atoms with Crippen LogP contribution in [-0.2, 0) is 6.42 Å². The zero-order valence-electron chi connectivity index (χ0n) is 11.1. The molecule has 0 saturated carbocycles.